The number of hydrogen-bond donors (Lipinski definition) is 4. The maximum atomic E-state index is 12.7. The molecule has 5 N–H and O–H groups in total. The summed E-state index contributed by atoms with van der Waals surface area (Å²) in [4.78, 5) is 12.7. The molecule has 1 aromatic carbocycles. The van der Waals surface area contributed by atoms with Crippen LogP contribution in [0, 0.1) is 0 Å². The number of carbonyl (C=O) groups is 1. The van der Waals surface area contributed by atoms with E-state index in [1.54, 1.807) is 17.9 Å². The lowest BCUT2D eigenvalue weighted by atomic mass is 10.2. The van der Waals surface area contributed by atoms with E-state index < -0.39 is 5.91 Å². The van der Waals surface area contributed by atoms with Crippen LogP contribution in [0.15, 0.2) is 39.4 Å². The van der Waals surface area contributed by atoms with Gasteiger partial charge in [-0.15, -0.1) is 15.3 Å². The first-order valence-corrected chi connectivity index (χ1v) is 9.77. The monoisotopic (exact) mass is 457 g/mol. The van der Waals surface area contributed by atoms with Crippen molar-refractivity contribution in [1.29, 1.82) is 0 Å². The maximum Gasteiger partial charge on any atom is 0.293 e. The molecule has 1 amide bonds. The number of amides is 1. The number of anilines is 1. The van der Waals surface area contributed by atoms with Crippen LogP contribution in [0.5, 0.6) is 11.5 Å². The van der Waals surface area contributed by atoms with Crippen LogP contribution in [0.1, 0.15) is 21.7 Å². The van der Waals surface area contributed by atoms with Gasteiger partial charge in [0.05, 0.1) is 11.9 Å². The Morgan fingerprint density at radius 3 is 2.88 bits per heavy atom. The van der Waals surface area contributed by atoms with Crippen molar-refractivity contribution >= 4 is 29.7 Å². The number of aromatic hydroxyl groups is 2. The molecule has 0 bridgehead atoms. The molecule has 16 heteroatoms. The van der Waals surface area contributed by atoms with Crippen LogP contribution < -0.4 is 11.2 Å². The summed E-state index contributed by atoms with van der Waals surface area (Å²) < 4.78 is 7.56. The number of nitrogens with two attached hydrogens (primary N) is 1. The normalized spacial score (nSPS) is 11.3. The lowest BCUT2D eigenvalue weighted by molar-refractivity contribution is 0.0949. The molecule has 0 atom stereocenters. The standard InChI is InChI=1S/C16H15N11O4S/c1-26-7-19-22-16(26)32-6-10-12(20-25-27(10)14-13(17)23-31-24-14)15(30)21-18-5-8-2-3-9(28)4-11(8)29/h2-5,7,28-29H,6H2,1H3,(H2,17,23)(H,21,30). The van der Waals surface area contributed by atoms with E-state index >= 15 is 0 Å². The Morgan fingerprint density at radius 1 is 1.34 bits per heavy atom. The van der Waals surface area contributed by atoms with Crippen molar-refractivity contribution in [3.63, 3.8) is 0 Å². The lowest BCUT2D eigenvalue weighted by Crippen LogP contribution is -2.20. The smallest absolute Gasteiger partial charge is 0.293 e. The van der Waals surface area contributed by atoms with Crippen LogP contribution in [0.25, 0.3) is 5.82 Å². The topological polar surface area (TPSA) is 208 Å². The SMILES string of the molecule is Cn1cnnc1SCc1c(C(=O)NN=Cc2ccc(O)cc2O)nnn1-c1nonc1N. The van der Waals surface area contributed by atoms with Gasteiger partial charge in [-0.2, -0.15) is 9.78 Å². The third-order valence-corrected chi connectivity index (χ3v) is 5.11. The molecule has 15 nitrogen and oxygen atoms in total. The van der Waals surface area contributed by atoms with Gasteiger partial charge < -0.3 is 20.5 Å². The fourth-order valence-electron chi connectivity index (χ4n) is 2.51. The Labute approximate surface area is 182 Å². The molecule has 0 fully saturated rings. The zero-order valence-corrected chi connectivity index (χ0v) is 17.1. The highest BCUT2D eigenvalue weighted by atomic mass is 32.2. The van der Waals surface area contributed by atoms with Crippen molar-refractivity contribution in [2.75, 3.05) is 5.73 Å². The molecule has 3 aromatic heterocycles. The van der Waals surface area contributed by atoms with Gasteiger partial charge in [-0.3, -0.25) is 4.79 Å². The average Bonchev–Trinajstić information content (AvgIpc) is 3.47. The number of phenols is 2. The van der Waals surface area contributed by atoms with Gasteiger partial charge in [0.1, 0.15) is 17.8 Å². The van der Waals surface area contributed by atoms with Crippen LogP contribution in [-0.4, -0.2) is 62.4 Å². The molecule has 4 rings (SSSR count). The first-order chi connectivity index (χ1) is 15.4. The highest BCUT2D eigenvalue weighted by Crippen LogP contribution is 2.24. The van der Waals surface area contributed by atoms with E-state index in [2.05, 4.69) is 46.0 Å². The number of hydrogen-bond acceptors (Lipinski definition) is 13. The minimum absolute atomic E-state index is 0.0346. The van der Waals surface area contributed by atoms with E-state index in [4.69, 9.17) is 5.73 Å². The highest BCUT2D eigenvalue weighted by Gasteiger charge is 2.24. The molecule has 0 saturated heterocycles. The molecule has 0 aliphatic carbocycles. The summed E-state index contributed by atoms with van der Waals surface area (Å²) in [6.07, 6.45) is 2.75. The quantitative estimate of drug-likeness (QED) is 0.162. The zero-order valence-electron chi connectivity index (χ0n) is 16.3. The van der Waals surface area contributed by atoms with Crippen molar-refractivity contribution in [3.8, 4) is 17.3 Å². The van der Waals surface area contributed by atoms with E-state index in [1.165, 1.54) is 34.8 Å². The molecule has 0 spiro atoms. The summed E-state index contributed by atoms with van der Waals surface area (Å²) in [5, 5.41) is 46.4. The van der Waals surface area contributed by atoms with Crippen molar-refractivity contribution in [1.82, 2.24) is 45.5 Å². The van der Waals surface area contributed by atoms with Crippen LogP contribution in [0.2, 0.25) is 0 Å². The number of nitrogens with one attached hydrogen (secondary N) is 1. The largest absolute Gasteiger partial charge is 0.508 e. The first kappa shape index (κ1) is 20.8. The molecule has 0 saturated carbocycles. The number of benzene rings is 1. The Hall–Kier alpha value is -4.47. The number of nitrogen functional groups attached to an aromatic ring is 1. The van der Waals surface area contributed by atoms with E-state index in [1.807, 2.05) is 0 Å². The predicted molar refractivity (Wildman–Crippen MR) is 109 cm³/mol. The van der Waals surface area contributed by atoms with Crippen molar-refractivity contribution in [2.24, 2.45) is 12.1 Å². The summed E-state index contributed by atoms with van der Waals surface area (Å²) in [6, 6.07) is 3.94. The molecule has 32 heavy (non-hydrogen) atoms. The number of hydrazone groups is 1. The molecule has 0 aliphatic rings. The van der Waals surface area contributed by atoms with Gasteiger partial charge in [0.15, 0.2) is 10.9 Å². The predicted octanol–water partition coefficient (Wildman–Crippen LogP) is -0.172. The van der Waals surface area contributed by atoms with Gasteiger partial charge in [0, 0.05) is 24.4 Å². The number of rotatable bonds is 7. The van der Waals surface area contributed by atoms with Gasteiger partial charge in [0.2, 0.25) is 11.6 Å². The second kappa shape index (κ2) is 8.72. The van der Waals surface area contributed by atoms with E-state index in [0.29, 0.717) is 10.9 Å². The molecule has 0 aliphatic heterocycles. The number of thioether (sulfide) groups is 1. The highest BCUT2D eigenvalue weighted by molar-refractivity contribution is 7.98. The minimum Gasteiger partial charge on any atom is -0.508 e. The van der Waals surface area contributed by atoms with Crippen molar-refractivity contribution in [3.05, 3.63) is 41.5 Å². The number of aromatic nitrogens is 8. The van der Waals surface area contributed by atoms with Crippen LogP contribution >= 0.6 is 11.8 Å². The van der Waals surface area contributed by atoms with Crippen LogP contribution in [0.4, 0.5) is 5.82 Å². The fraction of sp³-hybridized carbons (Fsp3) is 0.125. The first-order valence-electron chi connectivity index (χ1n) is 8.79. The average molecular weight is 457 g/mol. The molecular formula is C16H15N11O4S. The Balaban J connectivity index is 1.58. The molecule has 4 aromatic rings. The van der Waals surface area contributed by atoms with E-state index in [9.17, 15) is 15.0 Å². The van der Waals surface area contributed by atoms with Gasteiger partial charge in [-0.05, 0) is 22.4 Å². The Bertz CT molecular complexity index is 1290. The molecule has 0 unspecified atom stereocenters. The maximum absolute atomic E-state index is 12.7. The number of aryl methyl sites for hydroxylation is 1. The van der Waals surface area contributed by atoms with Gasteiger partial charge >= 0.3 is 0 Å². The summed E-state index contributed by atoms with van der Waals surface area (Å²) in [6.45, 7) is 0. The van der Waals surface area contributed by atoms with Crippen LogP contribution in [-0.2, 0) is 12.8 Å². The minimum atomic E-state index is -0.672. The Morgan fingerprint density at radius 2 is 2.19 bits per heavy atom. The van der Waals surface area contributed by atoms with Gasteiger partial charge in [-0.1, -0.05) is 17.0 Å². The van der Waals surface area contributed by atoms with Gasteiger partial charge in [-0.25, -0.2) is 10.1 Å². The summed E-state index contributed by atoms with van der Waals surface area (Å²) in [5.41, 5.74) is 8.64. The Kier molecular flexibility index (Phi) is 5.67. The third-order valence-electron chi connectivity index (χ3n) is 4.07. The van der Waals surface area contributed by atoms with Crippen LogP contribution in [0.3, 0.4) is 0 Å². The number of carbonyl (C=O) groups excluding carboxylic acids is 1. The lowest BCUT2D eigenvalue weighted by Gasteiger charge is -2.05. The molecule has 0 radical (unpaired) electrons. The van der Waals surface area contributed by atoms with E-state index in [0.717, 1.165) is 6.07 Å². The molecule has 3 heterocycles. The van der Waals surface area contributed by atoms with Gasteiger partial charge in [0.25, 0.3) is 5.91 Å². The molecular weight excluding hydrogens is 442 g/mol. The van der Waals surface area contributed by atoms with Crippen molar-refractivity contribution < 1.29 is 19.6 Å². The second-order valence-corrected chi connectivity index (χ2v) is 7.17. The summed E-state index contributed by atoms with van der Waals surface area (Å²) >= 11 is 1.28. The fourth-order valence-corrected chi connectivity index (χ4v) is 3.39. The zero-order chi connectivity index (χ0) is 22.7. The van der Waals surface area contributed by atoms with Crippen molar-refractivity contribution in [2.45, 2.75) is 10.9 Å². The summed E-state index contributed by atoms with van der Waals surface area (Å²) in [7, 11) is 1.78. The third kappa shape index (κ3) is 4.19. The second-order valence-electron chi connectivity index (χ2n) is 6.22. The summed E-state index contributed by atoms with van der Waals surface area (Å²) in [5.74, 6) is -0.739. The number of nitrogens with zero attached hydrogens (tertiary/aromatic N) is 9. The molecule has 164 valence electrons. The van der Waals surface area contributed by atoms with E-state index in [-0.39, 0.29) is 40.1 Å². The number of phenolic OH excluding ortho intramolecular Hbond substituents is 2.